The maximum atomic E-state index is 12.5. The molecule has 0 aliphatic heterocycles. The lowest BCUT2D eigenvalue weighted by Crippen LogP contribution is -2.19. The van der Waals surface area contributed by atoms with Crippen LogP contribution in [0.3, 0.4) is 0 Å². The number of thiazole rings is 1. The first-order valence-corrected chi connectivity index (χ1v) is 9.13. The van der Waals surface area contributed by atoms with E-state index in [2.05, 4.69) is 20.9 Å². The van der Waals surface area contributed by atoms with E-state index in [9.17, 15) is 4.79 Å². The molecule has 0 spiro atoms. The molecule has 0 saturated carbocycles. The molecule has 0 aliphatic rings. The molecule has 3 aromatic rings. The molecule has 0 bridgehead atoms. The van der Waals surface area contributed by atoms with Crippen LogP contribution in [-0.4, -0.2) is 24.2 Å². The van der Waals surface area contributed by atoms with Crippen molar-refractivity contribution >= 4 is 43.4 Å². The van der Waals surface area contributed by atoms with Crippen molar-refractivity contribution in [1.82, 2.24) is 4.57 Å². The Morgan fingerprint density at radius 1 is 1.25 bits per heavy atom. The number of halogens is 1. The molecule has 1 heterocycles. The van der Waals surface area contributed by atoms with Crippen LogP contribution in [-0.2, 0) is 11.3 Å². The van der Waals surface area contributed by atoms with Gasteiger partial charge >= 0.3 is 0 Å². The first-order valence-electron chi connectivity index (χ1n) is 7.52. The number of nitrogens with zero attached hydrogens (tertiary/aromatic N) is 2. The number of hydrogen-bond acceptors (Lipinski definition) is 3. The van der Waals surface area contributed by atoms with Gasteiger partial charge in [0.25, 0.3) is 5.91 Å². The summed E-state index contributed by atoms with van der Waals surface area (Å²) < 4.78 is 9.31. The molecule has 0 radical (unpaired) electrons. The van der Waals surface area contributed by atoms with E-state index in [0.29, 0.717) is 23.5 Å². The minimum absolute atomic E-state index is 0.230. The number of fused-ring (bicyclic) bond motifs is 1. The minimum Gasteiger partial charge on any atom is -0.383 e. The van der Waals surface area contributed by atoms with Crippen LogP contribution in [0.25, 0.3) is 10.2 Å². The average Bonchev–Trinajstić information content (AvgIpc) is 2.89. The topological polar surface area (TPSA) is 43.6 Å². The lowest BCUT2D eigenvalue weighted by Gasteiger charge is -2.04. The Hall–Kier alpha value is -1.76. The molecule has 3 rings (SSSR count). The van der Waals surface area contributed by atoms with E-state index in [0.717, 1.165) is 20.3 Å². The van der Waals surface area contributed by atoms with Crippen LogP contribution in [0.2, 0.25) is 0 Å². The molecule has 4 nitrogen and oxygen atoms in total. The number of carbonyl (C=O) groups is 1. The fraction of sp³-hybridized carbons (Fsp3) is 0.222. The van der Waals surface area contributed by atoms with Crippen molar-refractivity contribution in [2.24, 2.45) is 4.99 Å². The van der Waals surface area contributed by atoms with E-state index in [1.54, 1.807) is 7.11 Å². The molecule has 124 valence electrons. The highest BCUT2D eigenvalue weighted by atomic mass is 79.9. The molecule has 24 heavy (non-hydrogen) atoms. The van der Waals surface area contributed by atoms with Crippen LogP contribution < -0.4 is 4.80 Å². The number of hydrogen-bond donors (Lipinski definition) is 0. The van der Waals surface area contributed by atoms with E-state index >= 15 is 0 Å². The summed E-state index contributed by atoms with van der Waals surface area (Å²) in [6.07, 6.45) is 0. The summed E-state index contributed by atoms with van der Waals surface area (Å²) in [5, 5.41) is 0. The van der Waals surface area contributed by atoms with E-state index in [-0.39, 0.29) is 5.91 Å². The quantitative estimate of drug-likeness (QED) is 0.654. The van der Waals surface area contributed by atoms with Crippen LogP contribution in [0.5, 0.6) is 0 Å². The predicted octanol–water partition coefficient (Wildman–Crippen LogP) is 4.16. The van der Waals surface area contributed by atoms with Gasteiger partial charge in [-0.05, 0) is 37.3 Å². The molecular weight excluding hydrogens is 388 g/mol. The number of aryl methyl sites for hydroxylation is 1. The van der Waals surface area contributed by atoms with Gasteiger partial charge in [-0.1, -0.05) is 45.0 Å². The van der Waals surface area contributed by atoms with Crippen LogP contribution in [0, 0.1) is 6.92 Å². The van der Waals surface area contributed by atoms with Gasteiger partial charge in [-0.2, -0.15) is 4.99 Å². The summed E-state index contributed by atoms with van der Waals surface area (Å²) in [5.41, 5.74) is 2.77. The molecule has 6 heteroatoms. The SMILES string of the molecule is COCCn1c(=NC(=O)c2ccc(C)cc2)sc2cc(Br)ccc21. The summed E-state index contributed by atoms with van der Waals surface area (Å²) in [4.78, 5) is 17.5. The third-order valence-corrected chi connectivity index (χ3v) is 5.19. The molecule has 0 fully saturated rings. The van der Waals surface area contributed by atoms with Gasteiger partial charge in [0.2, 0.25) is 0 Å². The van der Waals surface area contributed by atoms with Gasteiger partial charge < -0.3 is 9.30 Å². The number of methoxy groups -OCH3 is 1. The molecule has 1 amide bonds. The van der Waals surface area contributed by atoms with Crippen LogP contribution in [0.15, 0.2) is 51.9 Å². The summed E-state index contributed by atoms with van der Waals surface area (Å²) in [6.45, 7) is 3.21. The fourth-order valence-electron chi connectivity index (χ4n) is 2.38. The van der Waals surface area contributed by atoms with Crippen molar-refractivity contribution in [1.29, 1.82) is 0 Å². The smallest absolute Gasteiger partial charge is 0.279 e. The zero-order valence-corrected chi connectivity index (χ0v) is 15.9. The van der Waals surface area contributed by atoms with Gasteiger partial charge in [-0.15, -0.1) is 0 Å². The second-order valence-electron chi connectivity index (χ2n) is 5.42. The number of amides is 1. The highest BCUT2D eigenvalue weighted by Crippen LogP contribution is 2.22. The highest BCUT2D eigenvalue weighted by molar-refractivity contribution is 9.10. The largest absolute Gasteiger partial charge is 0.383 e. The van der Waals surface area contributed by atoms with Crippen molar-refractivity contribution in [3.63, 3.8) is 0 Å². The Labute approximate surface area is 152 Å². The van der Waals surface area contributed by atoms with E-state index in [1.807, 2.05) is 54.0 Å². The Bertz CT molecular complexity index is 942. The third-order valence-electron chi connectivity index (χ3n) is 3.66. The lowest BCUT2D eigenvalue weighted by molar-refractivity contribution is 0.0997. The predicted molar refractivity (Wildman–Crippen MR) is 100 cm³/mol. The fourth-order valence-corrected chi connectivity index (χ4v) is 3.98. The van der Waals surface area contributed by atoms with Gasteiger partial charge in [0.15, 0.2) is 4.80 Å². The van der Waals surface area contributed by atoms with E-state index < -0.39 is 0 Å². The zero-order valence-electron chi connectivity index (χ0n) is 13.5. The Kier molecular flexibility index (Phi) is 5.28. The maximum absolute atomic E-state index is 12.5. The first-order chi connectivity index (χ1) is 11.6. The molecule has 1 aromatic heterocycles. The van der Waals surface area contributed by atoms with Crippen LogP contribution >= 0.6 is 27.3 Å². The molecular formula is C18H17BrN2O2S. The summed E-state index contributed by atoms with van der Waals surface area (Å²) in [7, 11) is 1.67. The monoisotopic (exact) mass is 404 g/mol. The van der Waals surface area contributed by atoms with Gasteiger partial charge in [0.1, 0.15) is 0 Å². The van der Waals surface area contributed by atoms with Gasteiger partial charge in [-0.3, -0.25) is 4.79 Å². The molecule has 0 N–H and O–H groups in total. The molecule has 2 aromatic carbocycles. The third kappa shape index (κ3) is 3.66. The van der Waals surface area contributed by atoms with Crippen LogP contribution in [0.1, 0.15) is 15.9 Å². The van der Waals surface area contributed by atoms with Gasteiger partial charge in [0.05, 0.1) is 16.8 Å². The van der Waals surface area contributed by atoms with E-state index in [1.165, 1.54) is 11.3 Å². The van der Waals surface area contributed by atoms with Gasteiger partial charge in [0, 0.05) is 23.7 Å². The Balaban J connectivity index is 2.09. The normalized spacial score (nSPS) is 12.0. The summed E-state index contributed by atoms with van der Waals surface area (Å²) in [6, 6.07) is 13.5. The minimum atomic E-state index is -0.230. The van der Waals surface area contributed by atoms with Crippen molar-refractivity contribution in [2.45, 2.75) is 13.5 Å². The maximum Gasteiger partial charge on any atom is 0.279 e. The second-order valence-corrected chi connectivity index (χ2v) is 7.35. The molecule has 0 atom stereocenters. The molecule has 0 unspecified atom stereocenters. The van der Waals surface area contributed by atoms with Crippen molar-refractivity contribution in [3.8, 4) is 0 Å². The highest BCUT2D eigenvalue weighted by Gasteiger charge is 2.09. The number of ether oxygens (including phenoxy) is 1. The Morgan fingerprint density at radius 3 is 2.71 bits per heavy atom. The number of benzene rings is 2. The zero-order chi connectivity index (χ0) is 17.1. The first kappa shape index (κ1) is 17.1. The molecule has 0 aliphatic carbocycles. The lowest BCUT2D eigenvalue weighted by atomic mass is 10.1. The summed E-state index contributed by atoms with van der Waals surface area (Å²) in [5.74, 6) is -0.230. The van der Waals surface area contributed by atoms with E-state index in [4.69, 9.17) is 4.74 Å². The van der Waals surface area contributed by atoms with Crippen molar-refractivity contribution in [2.75, 3.05) is 13.7 Å². The Morgan fingerprint density at radius 2 is 2.00 bits per heavy atom. The number of aromatic nitrogens is 1. The van der Waals surface area contributed by atoms with Gasteiger partial charge in [-0.25, -0.2) is 0 Å². The van der Waals surface area contributed by atoms with Crippen LogP contribution in [0.4, 0.5) is 0 Å². The standard InChI is InChI=1S/C18H17BrN2O2S/c1-12-3-5-13(6-4-12)17(22)20-18-21(9-10-23-2)15-8-7-14(19)11-16(15)24-18/h3-8,11H,9-10H2,1-2H3. The average molecular weight is 405 g/mol. The summed E-state index contributed by atoms with van der Waals surface area (Å²) >= 11 is 4.99. The van der Waals surface area contributed by atoms with Crippen molar-refractivity contribution < 1.29 is 9.53 Å². The second kappa shape index (κ2) is 7.42. The molecule has 0 saturated heterocycles. The van der Waals surface area contributed by atoms with Crippen molar-refractivity contribution in [3.05, 3.63) is 62.9 Å². The number of carbonyl (C=O) groups excluding carboxylic acids is 1. The number of rotatable bonds is 4.